The number of anilines is 1. The minimum Gasteiger partial charge on any atom is -0.358 e. The van der Waals surface area contributed by atoms with E-state index in [9.17, 15) is 4.79 Å². The van der Waals surface area contributed by atoms with E-state index in [0.29, 0.717) is 12.0 Å². The Morgan fingerprint density at radius 2 is 2.06 bits per heavy atom. The van der Waals surface area contributed by atoms with E-state index in [1.165, 1.54) is 17.5 Å². The van der Waals surface area contributed by atoms with Crippen LogP contribution in [0.15, 0.2) is 42.9 Å². The molecule has 0 atom stereocenters. The summed E-state index contributed by atoms with van der Waals surface area (Å²) in [6.07, 6.45) is 7.41. The largest absolute Gasteiger partial charge is 0.358 e. The molecule has 1 aliphatic rings. The number of hydrogen-bond acceptors (Lipinski definition) is 5. The first kappa shape index (κ1) is 22.3. The average molecular weight is 419 g/mol. The highest BCUT2D eigenvalue weighted by Crippen LogP contribution is 2.18. The summed E-state index contributed by atoms with van der Waals surface area (Å²) in [7, 11) is 3.99. The molecule has 0 unspecified atom stereocenters. The van der Waals surface area contributed by atoms with E-state index in [-0.39, 0.29) is 5.91 Å². The molecule has 3 heterocycles. The van der Waals surface area contributed by atoms with Gasteiger partial charge in [0.05, 0.1) is 22.9 Å². The number of carbonyl (C=O) groups excluding carboxylic acids is 1. The zero-order valence-electron chi connectivity index (χ0n) is 18.6. The predicted octanol–water partition coefficient (Wildman–Crippen LogP) is 3.54. The van der Waals surface area contributed by atoms with Gasteiger partial charge >= 0.3 is 0 Å². The fraction of sp³-hybridized carbons (Fsp3) is 0.417. The van der Waals surface area contributed by atoms with Crippen LogP contribution >= 0.6 is 0 Å². The number of amides is 1. The summed E-state index contributed by atoms with van der Waals surface area (Å²) in [5, 5.41) is 8.70. The van der Waals surface area contributed by atoms with Crippen molar-refractivity contribution in [2.45, 2.75) is 32.6 Å². The molecule has 31 heavy (non-hydrogen) atoms. The van der Waals surface area contributed by atoms with Gasteiger partial charge in [-0.1, -0.05) is 25.5 Å². The third-order valence-corrected chi connectivity index (χ3v) is 5.49. The van der Waals surface area contributed by atoms with E-state index in [2.05, 4.69) is 46.7 Å². The molecule has 0 bridgehead atoms. The number of benzene rings is 1. The summed E-state index contributed by atoms with van der Waals surface area (Å²) in [5.74, 6) is 1.07. The molecule has 1 saturated heterocycles. The number of nitrogens with zero attached hydrogens (tertiary/aromatic N) is 6. The molecule has 0 aliphatic carbocycles. The van der Waals surface area contributed by atoms with Crippen molar-refractivity contribution in [2.75, 3.05) is 31.6 Å². The Balaban J connectivity index is 0.000000185. The molecule has 4 rings (SSSR count). The highest BCUT2D eigenvalue weighted by molar-refractivity contribution is 5.79. The third-order valence-electron chi connectivity index (χ3n) is 5.49. The molecule has 1 aliphatic heterocycles. The second-order valence-corrected chi connectivity index (χ2v) is 7.81. The van der Waals surface area contributed by atoms with Crippen molar-refractivity contribution in [1.29, 1.82) is 5.26 Å². The number of carbonyl (C=O) groups is 1. The van der Waals surface area contributed by atoms with E-state index >= 15 is 0 Å². The van der Waals surface area contributed by atoms with E-state index < -0.39 is 0 Å². The number of likely N-dealkylation sites (N-methyl/N-ethyl adjacent to an activating group) is 1. The minimum atomic E-state index is 0.246. The molecule has 1 fully saturated rings. The number of rotatable bonds is 6. The van der Waals surface area contributed by atoms with Gasteiger partial charge in [-0.15, -0.1) is 0 Å². The van der Waals surface area contributed by atoms with E-state index in [4.69, 9.17) is 5.26 Å². The lowest BCUT2D eigenvalue weighted by Crippen LogP contribution is -2.34. The number of nitriles is 1. The number of likely N-dealkylation sites (tertiary alicyclic amines) is 1. The van der Waals surface area contributed by atoms with Crippen LogP contribution in [-0.2, 0) is 18.3 Å². The molecule has 2 aromatic heterocycles. The lowest BCUT2D eigenvalue weighted by atomic mass is 10.1. The molecule has 7 heteroatoms. The van der Waals surface area contributed by atoms with Gasteiger partial charge in [-0.3, -0.25) is 4.79 Å². The SMILES string of the molecule is CCCc1cccc2ncn(C)c12.CN(CCN1CCCC1=O)c1ccc(C#N)cn1. The second kappa shape index (κ2) is 10.6. The second-order valence-electron chi connectivity index (χ2n) is 7.81. The first-order valence-corrected chi connectivity index (χ1v) is 10.8. The maximum atomic E-state index is 11.5. The number of pyridine rings is 1. The van der Waals surface area contributed by atoms with Gasteiger partial charge in [0.25, 0.3) is 0 Å². The van der Waals surface area contributed by atoms with Crippen LogP contribution in [0.3, 0.4) is 0 Å². The third kappa shape index (κ3) is 5.60. The van der Waals surface area contributed by atoms with Gasteiger partial charge in [0.2, 0.25) is 5.91 Å². The van der Waals surface area contributed by atoms with Gasteiger partial charge in [-0.25, -0.2) is 9.97 Å². The molecule has 0 N–H and O–H groups in total. The first-order valence-electron chi connectivity index (χ1n) is 10.8. The summed E-state index contributed by atoms with van der Waals surface area (Å²) in [5.41, 5.74) is 4.35. The van der Waals surface area contributed by atoms with Crippen molar-refractivity contribution in [1.82, 2.24) is 19.4 Å². The highest BCUT2D eigenvalue weighted by atomic mass is 16.2. The lowest BCUT2D eigenvalue weighted by Gasteiger charge is -2.22. The molecule has 0 spiro atoms. The fourth-order valence-electron chi connectivity index (χ4n) is 3.77. The van der Waals surface area contributed by atoms with Crippen molar-refractivity contribution in [2.24, 2.45) is 7.05 Å². The molecular formula is C24H30N6O. The summed E-state index contributed by atoms with van der Waals surface area (Å²) in [6, 6.07) is 12.0. The number of para-hydroxylation sites is 1. The van der Waals surface area contributed by atoms with E-state index in [1.807, 2.05) is 35.3 Å². The van der Waals surface area contributed by atoms with Gasteiger partial charge in [-0.2, -0.15) is 5.26 Å². The van der Waals surface area contributed by atoms with Crippen LogP contribution < -0.4 is 4.90 Å². The van der Waals surface area contributed by atoms with Gasteiger partial charge in [0.1, 0.15) is 11.9 Å². The van der Waals surface area contributed by atoms with Gasteiger partial charge < -0.3 is 14.4 Å². The van der Waals surface area contributed by atoms with Gasteiger partial charge in [0, 0.05) is 46.3 Å². The maximum Gasteiger partial charge on any atom is 0.222 e. The molecule has 1 aromatic carbocycles. The van der Waals surface area contributed by atoms with Crippen LogP contribution in [0.5, 0.6) is 0 Å². The predicted molar refractivity (Wildman–Crippen MR) is 123 cm³/mol. The molecule has 0 radical (unpaired) electrons. The zero-order valence-corrected chi connectivity index (χ0v) is 18.6. The number of hydrogen-bond donors (Lipinski definition) is 0. The highest BCUT2D eigenvalue weighted by Gasteiger charge is 2.19. The minimum absolute atomic E-state index is 0.246. The van der Waals surface area contributed by atoms with Crippen LogP contribution in [0, 0.1) is 11.3 Å². The zero-order chi connectivity index (χ0) is 22.2. The van der Waals surface area contributed by atoms with Crippen molar-refractivity contribution in [3.8, 4) is 6.07 Å². The van der Waals surface area contributed by atoms with Crippen molar-refractivity contribution >= 4 is 22.8 Å². The van der Waals surface area contributed by atoms with E-state index in [0.717, 1.165) is 43.8 Å². The Bertz CT molecular complexity index is 1050. The monoisotopic (exact) mass is 418 g/mol. The van der Waals surface area contributed by atoms with Crippen LogP contribution in [-0.4, -0.2) is 52.0 Å². The van der Waals surface area contributed by atoms with Crippen LogP contribution in [0.4, 0.5) is 5.82 Å². The number of aromatic nitrogens is 3. The van der Waals surface area contributed by atoms with Crippen molar-refractivity contribution in [3.63, 3.8) is 0 Å². The smallest absolute Gasteiger partial charge is 0.222 e. The van der Waals surface area contributed by atoms with Crippen LogP contribution in [0.25, 0.3) is 11.0 Å². The molecular weight excluding hydrogens is 388 g/mol. The number of aryl methyl sites for hydroxylation is 2. The summed E-state index contributed by atoms with van der Waals surface area (Å²) in [6.45, 7) is 4.56. The van der Waals surface area contributed by atoms with Crippen LogP contribution in [0.2, 0.25) is 0 Å². The topological polar surface area (TPSA) is 78.0 Å². The van der Waals surface area contributed by atoms with Gasteiger partial charge in [0.15, 0.2) is 0 Å². The normalized spacial score (nSPS) is 13.1. The van der Waals surface area contributed by atoms with Gasteiger partial charge in [-0.05, 0) is 36.6 Å². The Morgan fingerprint density at radius 1 is 1.23 bits per heavy atom. The first-order chi connectivity index (χ1) is 15.0. The summed E-state index contributed by atoms with van der Waals surface area (Å²) >= 11 is 0. The van der Waals surface area contributed by atoms with Crippen molar-refractivity contribution in [3.05, 3.63) is 54.0 Å². The summed E-state index contributed by atoms with van der Waals surface area (Å²) in [4.78, 5) is 23.9. The summed E-state index contributed by atoms with van der Waals surface area (Å²) < 4.78 is 2.10. The molecule has 7 nitrogen and oxygen atoms in total. The Kier molecular flexibility index (Phi) is 7.60. The number of imidazole rings is 1. The van der Waals surface area contributed by atoms with E-state index in [1.54, 1.807) is 12.3 Å². The lowest BCUT2D eigenvalue weighted by molar-refractivity contribution is -0.127. The Hall–Kier alpha value is -3.40. The van der Waals surface area contributed by atoms with Crippen LogP contribution in [0.1, 0.15) is 37.3 Å². The molecule has 0 saturated carbocycles. The Morgan fingerprint density at radius 3 is 2.71 bits per heavy atom. The fourth-order valence-corrected chi connectivity index (χ4v) is 3.77. The Labute approximate surface area is 183 Å². The quantitative estimate of drug-likeness (QED) is 0.612. The molecule has 3 aromatic rings. The standard InChI is InChI=1S/C13H16N4O.C11H14N2/c1-16(7-8-17-6-2-3-13(17)18)12-5-4-11(9-14)10-15-12;1-3-5-9-6-4-7-10-11(9)13(2)8-12-10/h4-5,10H,2-3,6-8H2,1H3;4,6-8H,3,5H2,1-2H3. The van der Waals surface area contributed by atoms with Crippen molar-refractivity contribution < 1.29 is 4.79 Å². The molecule has 1 amide bonds. The number of fused-ring (bicyclic) bond motifs is 1. The molecule has 162 valence electrons. The average Bonchev–Trinajstić information content (AvgIpc) is 3.38. The maximum absolute atomic E-state index is 11.5.